The molecule has 0 N–H and O–H groups in total. The molecule has 8 nitrogen and oxygen atoms in total. The van der Waals surface area contributed by atoms with Gasteiger partial charge in [0, 0.05) is 0 Å². The highest BCUT2D eigenvalue weighted by molar-refractivity contribution is 5.36. The van der Waals surface area contributed by atoms with Gasteiger partial charge in [0.2, 0.25) is 6.61 Å². The Bertz CT molecular complexity index is 200. The normalized spacial score (nSPS) is 10.4. The molecule has 0 aliphatic carbocycles. The van der Waals surface area contributed by atoms with Crippen LogP contribution in [0.3, 0.4) is 0 Å². The molecule has 0 rings (SSSR count). The summed E-state index contributed by atoms with van der Waals surface area (Å²) in [5, 5.41) is 20.3. The van der Waals surface area contributed by atoms with Crippen LogP contribution < -0.4 is 0 Å². The largest absolute Gasteiger partial charge is 0.488 e. The molecule has 8 heteroatoms. The van der Waals surface area contributed by atoms with Crippen LogP contribution >= 0.6 is 0 Å². The summed E-state index contributed by atoms with van der Waals surface area (Å²) in [7, 11) is 0. The van der Waals surface area contributed by atoms with Crippen molar-refractivity contribution in [1.29, 1.82) is 0 Å². The quantitative estimate of drug-likeness (QED) is 0.241. The molecule has 0 atom stereocenters. The van der Waals surface area contributed by atoms with Gasteiger partial charge in [0.1, 0.15) is 9.85 Å². The second-order valence-electron chi connectivity index (χ2n) is 2.14. The third-order valence-electron chi connectivity index (χ3n) is 1.21. The standard InChI is InChI=1S/C4H6N2O6/c1-4(5(8)9,6(10)11)2-12-3-7/h3H,2H2,1H3. The Balaban J connectivity index is 4.50. The highest BCUT2D eigenvalue weighted by Crippen LogP contribution is 2.09. The summed E-state index contributed by atoms with van der Waals surface area (Å²) in [5.41, 5.74) is -2.46. The van der Waals surface area contributed by atoms with Gasteiger partial charge in [0.25, 0.3) is 6.47 Å². The number of nitrogens with zero attached hydrogens (tertiary/aromatic N) is 2. The zero-order valence-corrected chi connectivity index (χ0v) is 6.13. The van der Waals surface area contributed by atoms with E-state index in [-0.39, 0.29) is 6.47 Å². The lowest BCUT2D eigenvalue weighted by Gasteiger charge is -2.10. The zero-order chi connectivity index (χ0) is 9.78. The van der Waals surface area contributed by atoms with E-state index in [4.69, 9.17) is 0 Å². The molecule has 0 bridgehead atoms. The molecular formula is C4H6N2O6. The van der Waals surface area contributed by atoms with E-state index in [0.29, 0.717) is 0 Å². The summed E-state index contributed by atoms with van der Waals surface area (Å²) in [6.45, 7) is -0.196. The van der Waals surface area contributed by atoms with Crippen LogP contribution in [0, 0.1) is 20.2 Å². The molecule has 0 heterocycles. The molecular weight excluding hydrogens is 172 g/mol. The van der Waals surface area contributed by atoms with Crippen molar-refractivity contribution in [2.45, 2.75) is 12.6 Å². The third-order valence-corrected chi connectivity index (χ3v) is 1.21. The minimum absolute atomic E-state index is 0.0781. The number of hydrogen-bond acceptors (Lipinski definition) is 6. The van der Waals surface area contributed by atoms with Crippen molar-refractivity contribution in [3.63, 3.8) is 0 Å². The molecule has 0 amide bonds. The van der Waals surface area contributed by atoms with Gasteiger partial charge in [0.05, 0.1) is 6.92 Å². The molecule has 0 saturated carbocycles. The van der Waals surface area contributed by atoms with Crippen LogP contribution in [0.15, 0.2) is 0 Å². The monoisotopic (exact) mass is 178 g/mol. The van der Waals surface area contributed by atoms with Crippen molar-refractivity contribution < 1.29 is 19.4 Å². The van der Waals surface area contributed by atoms with Crippen LogP contribution in [0.5, 0.6) is 0 Å². The lowest BCUT2D eigenvalue weighted by atomic mass is 10.2. The Morgan fingerprint density at radius 3 is 2.08 bits per heavy atom. The van der Waals surface area contributed by atoms with E-state index < -0.39 is 22.1 Å². The SMILES string of the molecule is CC(COC=O)([N+](=O)[O-])[N+](=O)[O-]. The number of nitro groups is 2. The van der Waals surface area contributed by atoms with Gasteiger partial charge in [-0.05, 0) is 0 Å². The van der Waals surface area contributed by atoms with Gasteiger partial charge in [-0.3, -0.25) is 25.0 Å². The van der Waals surface area contributed by atoms with Crippen LogP contribution in [-0.4, -0.2) is 28.6 Å². The number of carbonyl (C=O) groups excluding carboxylic acids is 1. The molecule has 0 aliphatic rings. The van der Waals surface area contributed by atoms with Crippen LogP contribution in [0.1, 0.15) is 6.92 Å². The Morgan fingerprint density at radius 2 is 1.83 bits per heavy atom. The summed E-state index contributed by atoms with van der Waals surface area (Å²) in [5.74, 6) is 0. The molecule has 0 radical (unpaired) electrons. The Labute approximate surface area is 66.4 Å². The van der Waals surface area contributed by atoms with E-state index in [1.54, 1.807) is 0 Å². The molecule has 0 saturated heterocycles. The molecule has 68 valence electrons. The maximum atomic E-state index is 10.1. The highest BCUT2D eigenvalue weighted by atomic mass is 16.7. The van der Waals surface area contributed by atoms with Gasteiger partial charge in [-0.2, -0.15) is 0 Å². The van der Waals surface area contributed by atoms with E-state index in [1.165, 1.54) is 0 Å². The van der Waals surface area contributed by atoms with Crippen molar-refractivity contribution in [3.05, 3.63) is 20.2 Å². The molecule has 0 aliphatic heterocycles. The molecule has 0 aromatic heterocycles. The van der Waals surface area contributed by atoms with E-state index in [2.05, 4.69) is 4.74 Å². The molecule has 0 unspecified atom stereocenters. The summed E-state index contributed by atoms with van der Waals surface area (Å²) in [6, 6.07) is 0. The van der Waals surface area contributed by atoms with Crippen LogP contribution in [0.25, 0.3) is 0 Å². The lowest BCUT2D eigenvalue weighted by molar-refractivity contribution is -0.793. The predicted molar refractivity (Wildman–Crippen MR) is 34.4 cm³/mol. The molecule has 0 spiro atoms. The van der Waals surface area contributed by atoms with Gasteiger partial charge in [0.15, 0.2) is 0 Å². The summed E-state index contributed by atoms with van der Waals surface area (Å²) in [6.07, 6.45) is 0. The Hall–Kier alpha value is -1.73. The summed E-state index contributed by atoms with van der Waals surface area (Å²) in [4.78, 5) is 27.7. The first-order valence-electron chi connectivity index (χ1n) is 2.79. The first kappa shape index (κ1) is 10.3. The van der Waals surface area contributed by atoms with Crippen molar-refractivity contribution in [3.8, 4) is 0 Å². The van der Waals surface area contributed by atoms with E-state index >= 15 is 0 Å². The number of ether oxygens (including phenoxy) is 1. The second-order valence-corrected chi connectivity index (χ2v) is 2.14. The predicted octanol–water partition coefficient (Wildman–Crippen LogP) is -0.571. The topological polar surface area (TPSA) is 113 Å². The third kappa shape index (κ3) is 1.87. The minimum Gasteiger partial charge on any atom is -0.452 e. The fourth-order valence-corrected chi connectivity index (χ4v) is 0.364. The van der Waals surface area contributed by atoms with Crippen LogP contribution in [-0.2, 0) is 9.53 Å². The van der Waals surface area contributed by atoms with Gasteiger partial charge in [-0.15, -0.1) is 0 Å². The highest BCUT2D eigenvalue weighted by Gasteiger charge is 2.51. The van der Waals surface area contributed by atoms with Crippen molar-refractivity contribution >= 4 is 6.47 Å². The first-order valence-corrected chi connectivity index (χ1v) is 2.79. The first-order chi connectivity index (χ1) is 5.45. The summed E-state index contributed by atoms with van der Waals surface area (Å²) < 4.78 is 3.96. The van der Waals surface area contributed by atoms with Gasteiger partial charge in [-0.1, -0.05) is 0 Å². The maximum Gasteiger partial charge on any atom is 0.488 e. The van der Waals surface area contributed by atoms with Crippen LogP contribution in [0.4, 0.5) is 0 Å². The molecule has 12 heavy (non-hydrogen) atoms. The second kappa shape index (κ2) is 3.60. The van der Waals surface area contributed by atoms with Gasteiger partial charge in [-0.25, -0.2) is 0 Å². The average Bonchev–Trinajstić information content (AvgIpc) is 1.99. The van der Waals surface area contributed by atoms with Crippen molar-refractivity contribution in [2.75, 3.05) is 6.61 Å². The fraction of sp³-hybridized carbons (Fsp3) is 0.750. The Morgan fingerprint density at radius 1 is 1.42 bits per heavy atom. The van der Waals surface area contributed by atoms with Crippen molar-refractivity contribution in [1.82, 2.24) is 0 Å². The van der Waals surface area contributed by atoms with E-state index in [0.717, 1.165) is 6.92 Å². The number of rotatable bonds is 5. The summed E-state index contributed by atoms with van der Waals surface area (Å²) >= 11 is 0. The van der Waals surface area contributed by atoms with E-state index in [1.807, 2.05) is 0 Å². The van der Waals surface area contributed by atoms with Gasteiger partial charge < -0.3 is 4.74 Å². The van der Waals surface area contributed by atoms with Crippen molar-refractivity contribution in [2.24, 2.45) is 0 Å². The lowest BCUT2D eigenvalue weighted by Crippen LogP contribution is -2.47. The molecule has 0 fully saturated rings. The average molecular weight is 178 g/mol. The van der Waals surface area contributed by atoms with Crippen LogP contribution in [0.2, 0.25) is 0 Å². The zero-order valence-electron chi connectivity index (χ0n) is 6.13. The minimum atomic E-state index is -2.46. The number of carbonyl (C=O) groups is 1. The van der Waals surface area contributed by atoms with E-state index in [9.17, 15) is 25.0 Å². The molecule has 0 aromatic rings. The Kier molecular flexibility index (Phi) is 3.08. The number of hydrogen-bond donors (Lipinski definition) is 0. The fourth-order valence-electron chi connectivity index (χ4n) is 0.364. The van der Waals surface area contributed by atoms with Gasteiger partial charge >= 0.3 is 5.66 Å². The smallest absolute Gasteiger partial charge is 0.452 e. The molecule has 0 aromatic carbocycles. The maximum absolute atomic E-state index is 10.1.